The van der Waals surface area contributed by atoms with E-state index in [9.17, 15) is 18.0 Å². The molecule has 5 heteroatoms. The minimum Gasteiger partial charge on any atom is -0.406 e. The molecule has 1 saturated carbocycles. The van der Waals surface area contributed by atoms with Gasteiger partial charge in [-0.2, -0.15) is 0 Å². The maximum atomic E-state index is 12.0. The second kappa shape index (κ2) is 5.63. The minimum atomic E-state index is -4.65. The highest BCUT2D eigenvalue weighted by molar-refractivity contribution is 5.53. The fourth-order valence-corrected chi connectivity index (χ4v) is 2.53. The van der Waals surface area contributed by atoms with Gasteiger partial charge in [0.25, 0.3) is 0 Å². The fraction of sp³-hybridized carbons (Fsp3) is 0.500. The largest absolute Gasteiger partial charge is 0.573 e. The summed E-state index contributed by atoms with van der Waals surface area (Å²) in [5.74, 6) is 0.276. The van der Waals surface area contributed by atoms with Crippen LogP contribution in [0, 0.1) is 5.92 Å². The number of hydrogen-bond donors (Lipinski definition) is 0. The van der Waals surface area contributed by atoms with Crippen LogP contribution in [0.1, 0.15) is 37.2 Å². The number of alkyl halides is 3. The van der Waals surface area contributed by atoms with Gasteiger partial charge in [0.15, 0.2) is 0 Å². The van der Waals surface area contributed by atoms with Crippen molar-refractivity contribution in [2.75, 3.05) is 0 Å². The van der Waals surface area contributed by atoms with Gasteiger partial charge in [-0.15, -0.1) is 13.2 Å². The summed E-state index contributed by atoms with van der Waals surface area (Å²) >= 11 is 0. The SMILES string of the molecule is O=CC1CCC(c2ccc(OC(F)(F)F)cc2)CC1. The van der Waals surface area contributed by atoms with Crippen LogP contribution >= 0.6 is 0 Å². The summed E-state index contributed by atoms with van der Waals surface area (Å²) in [4.78, 5) is 10.7. The molecule has 1 aromatic rings. The topological polar surface area (TPSA) is 26.3 Å². The predicted octanol–water partition coefficient (Wildman–Crippen LogP) is 4.06. The molecule has 0 amide bonds. The molecule has 0 aromatic heterocycles. The second-order valence-electron chi connectivity index (χ2n) is 4.86. The van der Waals surface area contributed by atoms with Crippen molar-refractivity contribution in [2.24, 2.45) is 5.92 Å². The first-order valence-corrected chi connectivity index (χ1v) is 6.29. The number of ether oxygens (including phenoxy) is 1. The molecule has 0 spiro atoms. The molecule has 0 N–H and O–H groups in total. The molecule has 104 valence electrons. The van der Waals surface area contributed by atoms with Gasteiger partial charge in [0, 0.05) is 5.92 Å². The van der Waals surface area contributed by atoms with E-state index in [1.54, 1.807) is 12.1 Å². The van der Waals surface area contributed by atoms with E-state index in [1.807, 2.05) is 0 Å². The van der Waals surface area contributed by atoms with Crippen molar-refractivity contribution in [3.05, 3.63) is 29.8 Å². The molecule has 2 nitrogen and oxygen atoms in total. The van der Waals surface area contributed by atoms with Gasteiger partial charge in [-0.3, -0.25) is 0 Å². The summed E-state index contributed by atoms with van der Waals surface area (Å²) in [5, 5.41) is 0. The van der Waals surface area contributed by atoms with E-state index >= 15 is 0 Å². The van der Waals surface area contributed by atoms with E-state index in [1.165, 1.54) is 12.1 Å². The van der Waals surface area contributed by atoms with Crippen molar-refractivity contribution in [1.29, 1.82) is 0 Å². The number of halogens is 3. The number of rotatable bonds is 3. The molecule has 1 aromatic carbocycles. The fourth-order valence-electron chi connectivity index (χ4n) is 2.53. The van der Waals surface area contributed by atoms with Crippen molar-refractivity contribution in [3.8, 4) is 5.75 Å². The van der Waals surface area contributed by atoms with Gasteiger partial charge in [0.2, 0.25) is 0 Å². The lowest BCUT2D eigenvalue weighted by molar-refractivity contribution is -0.274. The number of carbonyl (C=O) groups excluding carboxylic acids is 1. The first-order valence-electron chi connectivity index (χ1n) is 6.29. The molecular formula is C14H15F3O2. The van der Waals surface area contributed by atoms with Crippen molar-refractivity contribution in [1.82, 2.24) is 0 Å². The summed E-state index contributed by atoms with van der Waals surface area (Å²) in [6, 6.07) is 6.03. The van der Waals surface area contributed by atoms with Crippen LogP contribution in [-0.2, 0) is 4.79 Å². The standard InChI is InChI=1S/C14H15F3O2/c15-14(16,17)19-13-7-5-12(6-8-13)11-3-1-10(9-18)2-4-11/h5-11H,1-4H2. The van der Waals surface area contributed by atoms with Crippen LogP contribution in [0.3, 0.4) is 0 Å². The number of aldehydes is 1. The lowest BCUT2D eigenvalue weighted by Gasteiger charge is -2.25. The van der Waals surface area contributed by atoms with Gasteiger partial charge < -0.3 is 9.53 Å². The van der Waals surface area contributed by atoms with Gasteiger partial charge in [-0.1, -0.05) is 12.1 Å². The molecule has 2 rings (SSSR count). The van der Waals surface area contributed by atoms with Crippen LogP contribution in [0.5, 0.6) is 5.75 Å². The molecule has 0 atom stereocenters. The lowest BCUT2D eigenvalue weighted by Crippen LogP contribution is -2.17. The average molecular weight is 272 g/mol. The van der Waals surface area contributed by atoms with E-state index in [0.29, 0.717) is 5.92 Å². The molecule has 0 radical (unpaired) electrons. The number of hydrogen-bond acceptors (Lipinski definition) is 2. The third-order valence-electron chi connectivity index (χ3n) is 3.55. The Balaban J connectivity index is 1.97. The Labute approximate surface area is 109 Å². The zero-order valence-electron chi connectivity index (χ0n) is 10.3. The molecular weight excluding hydrogens is 257 g/mol. The normalized spacial score (nSPS) is 23.9. The maximum Gasteiger partial charge on any atom is 0.573 e. The third kappa shape index (κ3) is 3.98. The van der Waals surface area contributed by atoms with E-state index in [0.717, 1.165) is 37.5 Å². The van der Waals surface area contributed by atoms with E-state index in [4.69, 9.17) is 0 Å². The van der Waals surface area contributed by atoms with Crippen molar-refractivity contribution >= 4 is 6.29 Å². The quantitative estimate of drug-likeness (QED) is 0.776. The Morgan fingerprint density at radius 2 is 1.63 bits per heavy atom. The monoisotopic (exact) mass is 272 g/mol. The maximum absolute atomic E-state index is 12.0. The Morgan fingerprint density at radius 3 is 2.11 bits per heavy atom. The zero-order chi connectivity index (χ0) is 13.9. The molecule has 1 fully saturated rings. The molecule has 1 aliphatic rings. The van der Waals surface area contributed by atoms with Crippen LogP contribution in [0.2, 0.25) is 0 Å². The molecule has 0 saturated heterocycles. The molecule has 0 unspecified atom stereocenters. The van der Waals surface area contributed by atoms with Crippen LogP contribution in [0.25, 0.3) is 0 Å². The molecule has 1 aliphatic carbocycles. The van der Waals surface area contributed by atoms with Gasteiger partial charge in [0.05, 0.1) is 0 Å². The van der Waals surface area contributed by atoms with Crippen molar-refractivity contribution < 1.29 is 22.7 Å². The Hall–Kier alpha value is -1.52. The lowest BCUT2D eigenvalue weighted by atomic mass is 9.79. The van der Waals surface area contributed by atoms with Crippen molar-refractivity contribution in [3.63, 3.8) is 0 Å². The van der Waals surface area contributed by atoms with Crippen LogP contribution in [0.15, 0.2) is 24.3 Å². The number of benzene rings is 1. The summed E-state index contributed by atoms with van der Waals surface area (Å²) < 4.78 is 39.9. The van der Waals surface area contributed by atoms with E-state index in [-0.39, 0.29) is 11.7 Å². The Kier molecular flexibility index (Phi) is 4.12. The summed E-state index contributed by atoms with van der Waals surface area (Å²) in [5.41, 5.74) is 1.01. The molecule has 0 bridgehead atoms. The van der Waals surface area contributed by atoms with Crippen LogP contribution in [-0.4, -0.2) is 12.6 Å². The zero-order valence-corrected chi connectivity index (χ0v) is 10.3. The second-order valence-corrected chi connectivity index (χ2v) is 4.86. The highest BCUT2D eigenvalue weighted by Gasteiger charge is 2.31. The minimum absolute atomic E-state index is 0.143. The van der Waals surface area contributed by atoms with Crippen LogP contribution in [0.4, 0.5) is 13.2 Å². The smallest absolute Gasteiger partial charge is 0.406 e. The summed E-state index contributed by atoms with van der Waals surface area (Å²) in [6.45, 7) is 0. The molecule has 0 heterocycles. The Bertz CT molecular complexity index is 417. The van der Waals surface area contributed by atoms with Crippen LogP contribution < -0.4 is 4.74 Å². The Morgan fingerprint density at radius 1 is 1.05 bits per heavy atom. The molecule has 0 aliphatic heterocycles. The predicted molar refractivity (Wildman–Crippen MR) is 63.9 cm³/mol. The summed E-state index contributed by atoms with van der Waals surface area (Å²) in [7, 11) is 0. The third-order valence-corrected chi connectivity index (χ3v) is 3.55. The first-order chi connectivity index (χ1) is 8.98. The van der Waals surface area contributed by atoms with E-state index < -0.39 is 6.36 Å². The number of carbonyl (C=O) groups is 1. The van der Waals surface area contributed by atoms with Gasteiger partial charge in [-0.05, 0) is 49.3 Å². The van der Waals surface area contributed by atoms with Gasteiger partial charge in [-0.25, -0.2) is 0 Å². The molecule has 19 heavy (non-hydrogen) atoms. The highest BCUT2D eigenvalue weighted by Crippen LogP contribution is 2.35. The van der Waals surface area contributed by atoms with Crippen molar-refractivity contribution in [2.45, 2.75) is 38.0 Å². The van der Waals surface area contributed by atoms with Gasteiger partial charge >= 0.3 is 6.36 Å². The van der Waals surface area contributed by atoms with Gasteiger partial charge in [0.1, 0.15) is 12.0 Å². The highest BCUT2D eigenvalue weighted by atomic mass is 19.4. The summed E-state index contributed by atoms with van der Waals surface area (Å²) in [6.07, 6.45) is -0.129. The van der Waals surface area contributed by atoms with E-state index in [2.05, 4.69) is 4.74 Å². The first kappa shape index (κ1) is 13.9. The average Bonchev–Trinajstić information content (AvgIpc) is 2.38.